The molecule has 0 spiro atoms. The van der Waals surface area contributed by atoms with Crippen molar-refractivity contribution in [2.45, 2.75) is 50.6 Å². The van der Waals surface area contributed by atoms with Gasteiger partial charge in [0.1, 0.15) is 0 Å². The van der Waals surface area contributed by atoms with Crippen molar-refractivity contribution in [2.75, 3.05) is 18.0 Å². The van der Waals surface area contributed by atoms with Crippen LogP contribution in [0.1, 0.15) is 48.9 Å². The second-order valence-electron chi connectivity index (χ2n) is 8.91. The number of hydrogen-bond acceptors (Lipinski definition) is 2. The van der Waals surface area contributed by atoms with Crippen LogP contribution in [-0.2, 0) is 0 Å². The van der Waals surface area contributed by atoms with Gasteiger partial charge in [-0.15, -0.1) is 0 Å². The summed E-state index contributed by atoms with van der Waals surface area (Å²) in [6, 6.07) is 22.7. The summed E-state index contributed by atoms with van der Waals surface area (Å²) < 4.78 is 0. The molecule has 2 fully saturated rings. The molecule has 1 aliphatic carbocycles. The fourth-order valence-electron chi connectivity index (χ4n) is 5.39. The lowest BCUT2D eigenvalue weighted by atomic mass is 9.94. The minimum atomic E-state index is 0.0783. The quantitative estimate of drug-likeness (QED) is 0.466. The Kier molecular flexibility index (Phi) is 5.97. The van der Waals surface area contributed by atoms with Crippen molar-refractivity contribution >= 4 is 34.0 Å². The van der Waals surface area contributed by atoms with Gasteiger partial charge in [0.25, 0.3) is 5.91 Å². The summed E-state index contributed by atoms with van der Waals surface area (Å²) in [5.74, 6) is 0.0783. The number of amides is 1. The third-order valence-corrected chi connectivity index (χ3v) is 7.25. The molecule has 1 amide bonds. The lowest BCUT2D eigenvalue weighted by Gasteiger charge is -2.33. The number of anilines is 1. The van der Waals surface area contributed by atoms with Crippen molar-refractivity contribution < 1.29 is 4.79 Å². The molecule has 3 aromatic carbocycles. The van der Waals surface area contributed by atoms with Crippen molar-refractivity contribution in [3.63, 3.8) is 0 Å². The summed E-state index contributed by atoms with van der Waals surface area (Å²) >= 11 is 6.16. The molecule has 1 aliphatic heterocycles. The second-order valence-corrected chi connectivity index (χ2v) is 9.34. The van der Waals surface area contributed by atoms with E-state index >= 15 is 0 Å². The predicted octanol–water partition coefficient (Wildman–Crippen LogP) is 6.55. The van der Waals surface area contributed by atoms with Crippen molar-refractivity contribution in [2.24, 2.45) is 0 Å². The molecule has 0 radical (unpaired) electrons. The van der Waals surface area contributed by atoms with Gasteiger partial charge < -0.3 is 4.90 Å². The maximum absolute atomic E-state index is 14.0. The Hall–Kier alpha value is -2.36. The molecular weight excluding hydrogens is 404 g/mol. The Labute approximate surface area is 189 Å². The highest BCUT2D eigenvalue weighted by molar-refractivity contribution is 6.30. The zero-order chi connectivity index (χ0) is 21.2. The van der Waals surface area contributed by atoms with E-state index in [1.54, 1.807) is 0 Å². The van der Waals surface area contributed by atoms with E-state index in [9.17, 15) is 4.79 Å². The number of carbonyl (C=O) groups excluding carboxylic acids is 1. The van der Waals surface area contributed by atoms with Gasteiger partial charge in [-0.2, -0.15) is 0 Å². The van der Waals surface area contributed by atoms with Gasteiger partial charge in [-0.05, 0) is 60.4 Å². The van der Waals surface area contributed by atoms with E-state index < -0.39 is 0 Å². The van der Waals surface area contributed by atoms with Crippen LogP contribution in [0.5, 0.6) is 0 Å². The molecule has 2 aliphatic rings. The van der Waals surface area contributed by atoms with E-state index in [0.29, 0.717) is 11.1 Å². The number of hydrogen-bond donors (Lipinski definition) is 0. The van der Waals surface area contributed by atoms with Gasteiger partial charge in [0.15, 0.2) is 0 Å². The van der Waals surface area contributed by atoms with E-state index in [-0.39, 0.29) is 11.9 Å². The number of halogens is 1. The number of carbonyl (C=O) groups is 1. The van der Waals surface area contributed by atoms with E-state index in [0.717, 1.165) is 41.5 Å². The third kappa shape index (κ3) is 4.22. The van der Waals surface area contributed by atoms with Crippen molar-refractivity contribution in [1.29, 1.82) is 0 Å². The molecule has 1 heterocycles. The molecule has 4 heteroatoms. The molecule has 3 nitrogen and oxygen atoms in total. The van der Waals surface area contributed by atoms with Gasteiger partial charge >= 0.3 is 0 Å². The molecule has 1 saturated carbocycles. The summed E-state index contributed by atoms with van der Waals surface area (Å²) in [6.07, 6.45) is 7.64. The standard InChI is InChI=1S/C27H29ClN2O/c28-21-13-15-23(16-14-21)30(24-17-18-29(19-24)22-9-2-1-3-10-22)27(31)26-12-6-8-20-7-4-5-11-25(20)26/h4-8,11-16,22,24H,1-3,9-10,17-19H2. The number of fused-ring (bicyclic) bond motifs is 1. The van der Waals surface area contributed by atoms with Crippen LogP contribution in [0.15, 0.2) is 66.7 Å². The molecule has 1 unspecified atom stereocenters. The van der Waals surface area contributed by atoms with Crippen molar-refractivity contribution in [3.8, 4) is 0 Å². The minimum absolute atomic E-state index is 0.0783. The van der Waals surface area contributed by atoms with E-state index in [4.69, 9.17) is 11.6 Å². The van der Waals surface area contributed by atoms with Gasteiger partial charge in [0, 0.05) is 35.4 Å². The number of benzene rings is 3. The maximum atomic E-state index is 14.0. The van der Waals surface area contributed by atoms with Crippen LogP contribution in [0.3, 0.4) is 0 Å². The van der Waals surface area contributed by atoms with Gasteiger partial charge in [0.2, 0.25) is 0 Å². The number of likely N-dealkylation sites (tertiary alicyclic amines) is 1. The van der Waals surface area contributed by atoms with Crippen molar-refractivity contribution in [1.82, 2.24) is 4.90 Å². The van der Waals surface area contributed by atoms with E-state index in [2.05, 4.69) is 17.0 Å². The van der Waals surface area contributed by atoms with Crippen LogP contribution in [0.25, 0.3) is 10.8 Å². The first-order chi connectivity index (χ1) is 15.2. The first kappa shape index (κ1) is 20.5. The predicted molar refractivity (Wildman–Crippen MR) is 129 cm³/mol. The van der Waals surface area contributed by atoms with E-state index in [1.807, 2.05) is 59.5 Å². The molecule has 0 aromatic heterocycles. The fraction of sp³-hybridized carbons (Fsp3) is 0.370. The fourth-order valence-corrected chi connectivity index (χ4v) is 5.52. The maximum Gasteiger partial charge on any atom is 0.259 e. The molecule has 0 bridgehead atoms. The molecule has 1 saturated heterocycles. The molecule has 160 valence electrons. The zero-order valence-corrected chi connectivity index (χ0v) is 18.6. The Morgan fingerprint density at radius 2 is 1.61 bits per heavy atom. The van der Waals surface area contributed by atoms with Gasteiger partial charge in [-0.3, -0.25) is 9.69 Å². The van der Waals surface area contributed by atoms with Gasteiger partial charge in [0.05, 0.1) is 6.04 Å². The molecule has 1 atom stereocenters. The molecule has 0 N–H and O–H groups in total. The lowest BCUT2D eigenvalue weighted by Crippen LogP contribution is -2.44. The van der Waals surface area contributed by atoms with Crippen LogP contribution in [0.2, 0.25) is 5.02 Å². The average Bonchev–Trinajstić information content (AvgIpc) is 3.30. The topological polar surface area (TPSA) is 23.6 Å². The largest absolute Gasteiger partial charge is 0.304 e. The Bertz CT molecular complexity index is 1050. The molecule has 3 aromatic rings. The number of nitrogens with zero attached hydrogens (tertiary/aromatic N) is 2. The zero-order valence-electron chi connectivity index (χ0n) is 17.8. The Morgan fingerprint density at radius 3 is 2.42 bits per heavy atom. The summed E-state index contributed by atoms with van der Waals surface area (Å²) in [5.41, 5.74) is 1.70. The van der Waals surface area contributed by atoms with Crippen LogP contribution in [0.4, 0.5) is 5.69 Å². The summed E-state index contributed by atoms with van der Waals surface area (Å²) in [6.45, 7) is 2.02. The van der Waals surface area contributed by atoms with E-state index in [1.165, 1.54) is 32.1 Å². The van der Waals surface area contributed by atoms with Crippen LogP contribution in [0, 0.1) is 0 Å². The number of rotatable bonds is 4. The smallest absolute Gasteiger partial charge is 0.259 e. The molecule has 5 rings (SSSR count). The average molecular weight is 433 g/mol. The minimum Gasteiger partial charge on any atom is -0.304 e. The Morgan fingerprint density at radius 1 is 0.871 bits per heavy atom. The summed E-state index contributed by atoms with van der Waals surface area (Å²) in [7, 11) is 0. The highest BCUT2D eigenvalue weighted by Crippen LogP contribution is 2.32. The summed E-state index contributed by atoms with van der Waals surface area (Å²) in [4.78, 5) is 18.6. The van der Waals surface area contributed by atoms with Crippen LogP contribution in [-0.4, -0.2) is 36.0 Å². The van der Waals surface area contributed by atoms with Gasteiger partial charge in [-0.1, -0.05) is 67.3 Å². The normalized spacial score (nSPS) is 20.2. The highest BCUT2D eigenvalue weighted by atomic mass is 35.5. The lowest BCUT2D eigenvalue weighted by molar-refractivity contribution is 0.0976. The second kappa shape index (κ2) is 9.02. The van der Waals surface area contributed by atoms with Gasteiger partial charge in [-0.25, -0.2) is 0 Å². The highest BCUT2D eigenvalue weighted by Gasteiger charge is 2.35. The van der Waals surface area contributed by atoms with Crippen LogP contribution >= 0.6 is 11.6 Å². The molecular formula is C27H29ClN2O. The monoisotopic (exact) mass is 432 g/mol. The summed E-state index contributed by atoms with van der Waals surface area (Å²) in [5, 5.41) is 2.80. The molecule has 31 heavy (non-hydrogen) atoms. The first-order valence-corrected chi connectivity index (χ1v) is 11.9. The van der Waals surface area contributed by atoms with Crippen molar-refractivity contribution in [3.05, 3.63) is 77.3 Å². The third-order valence-electron chi connectivity index (χ3n) is 6.99. The SMILES string of the molecule is O=C(c1cccc2ccccc12)N(c1ccc(Cl)cc1)C1CCN(C2CCCCC2)C1. The van der Waals surface area contributed by atoms with Crippen LogP contribution < -0.4 is 4.90 Å². The Balaban J connectivity index is 1.49. The first-order valence-electron chi connectivity index (χ1n) is 11.5.